The maximum atomic E-state index is 12.9. The van der Waals surface area contributed by atoms with Crippen LogP contribution in [0.1, 0.15) is 26.4 Å². The Morgan fingerprint density at radius 2 is 1.72 bits per heavy atom. The van der Waals surface area contributed by atoms with Gasteiger partial charge in [0.1, 0.15) is 0 Å². The summed E-state index contributed by atoms with van der Waals surface area (Å²) in [5.74, 6) is -0.765. The Balaban J connectivity index is 0.000000438. The van der Waals surface area contributed by atoms with Crippen LogP contribution in [0.3, 0.4) is 0 Å². The normalized spacial score (nSPS) is 14.3. The zero-order valence-electron chi connectivity index (χ0n) is 15.6. The van der Waals surface area contributed by atoms with Gasteiger partial charge in [-0.15, -0.1) is 0 Å². The van der Waals surface area contributed by atoms with Gasteiger partial charge in [-0.25, -0.2) is 8.42 Å². The first-order valence-electron chi connectivity index (χ1n) is 7.99. The van der Waals surface area contributed by atoms with Crippen molar-refractivity contribution in [3.05, 3.63) is 71.3 Å². The molecule has 1 atom stereocenters. The van der Waals surface area contributed by atoms with E-state index in [2.05, 4.69) is 4.18 Å². The highest BCUT2D eigenvalue weighted by molar-refractivity contribution is 7.85. The van der Waals surface area contributed by atoms with Crippen LogP contribution in [-0.2, 0) is 30.7 Å². The smallest absolute Gasteiger partial charge is 0.275 e. The molecule has 1 aromatic carbocycles. The number of fused-ring (bicyclic) bond motifs is 1. The lowest BCUT2D eigenvalue weighted by Gasteiger charge is -2.15. The van der Waals surface area contributed by atoms with E-state index >= 15 is 0 Å². The number of methoxy groups -OCH3 is 1. The number of aryl methyl sites for hydroxylation is 1. The van der Waals surface area contributed by atoms with Crippen molar-refractivity contribution in [3.8, 4) is 0 Å². The van der Waals surface area contributed by atoms with Gasteiger partial charge in [0, 0.05) is 40.7 Å². The second-order valence-corrected chi connectivity index (χ2v) is 8.06. The number of rotatable bonds is 4. The highest BCUT2D eigenvalue weighted by Gasteiger charge is 2.37. The van der Waals surface area contributed by atoms with Crippen molar-refractivity contribution >= 4 is 33.3 Å². The van der Waals surface area contributed by atoms with Crippen molar-refractivity contribution in [2.24, 2.45) is 0 Å². The number of carbonyl (C=O) groups is 2. The molecule has 0 saturated heterocycles. The van der Waals surface area contributed by atoms with E-state index in [-0.39, 0.29) is 28.5 Å². The van der Waals surface area contributed by atoms with Crippen LogP contribution in [0.4, 0.5) is 0 Å². The molecule has 2 aromatic rings. The minimum absolute atomic E-state index is 0.00558. The van der Waals surface area contributed by atoms with Crippen molar-refractivity contribution < 1.29 is 40.0 Å². The summed E-state index contributed by atoms with van der Waals surface area (Å²) in [5.41, 5.74) is 1.17. The molecule has 0 aliphatic heterocycles. The van der Waals surface area contributed by atoms with E-state index in [0.29, 0.717) is 4.90 Å². The maximum Gasteiger partial charge on any atom is 0.275 e. The van der Waals surface area contributed by atoms with Crippen LogP contribution >= 0.6 is 0 Å². The van der Waals surface area contributed by atoms with E-state index in [9.17, 15) is 27.1 Å². The molecule has 0 saturated carbocycles. The number of benzene rings is 1. The van der Waals surface area contributed by atoms with E-state index < -0.39 is 21.8 Å². The van der Waals surface area contributed by atoms with Gasteiger partial charge in [0.05, 0.1) is 19.8 Å². The number of carbonyl (C=O) groups excluding carboxylic acids is 2. The zero-order valence-corrected chi connectivity index (χ0v) is 17.3. The second-order valence-electron chi connectivity index (χ2n) is 5.58. The third kappa shape index (κ3) is 5.28. The second kappa shape index (κ2) is 9.29. The Bertz CT molecular complexity index is 1080. The van der Waals surface area contributed by atoms with Gasteiger partial charge in [-0.05, 0) is 12.1 Å². The van der Waals surface area contributed by atoms with E-state index in [0.717, 1.165) is 18.9 Å². The predicted octanol–water partition coefficient (Wildman–Crippen LogP) is 0.856. The van der Waals surface area contributed by atoms with Crippen LogP contribution in [0, 0.1) is 6.92 Å². The van der Waals surface area contributed by atoms with Gasteiger partial charge in [-0.2, -0.15) is 0 Å². The summed E-state index contributed by atoms with van der Waals surface area (Å²) in [4.78, 5) is 25.0. The van der Waals surface area contributed by atoms with E-state index in [1.807, 2.05) is 19.1 Å². The van der Waals surface area contributed by atoms with Crippen LogP contribution in [0.5, 0.6) is 0 Å². The molecule has 0 bridgehead atoms. The minimum Gasteiger partial charge on any atom is -0.726 e. The van der Waals surface area contributed by atoms with Crippen LogP contribution < -0.4 is 3.97 Å². The van der Waals surface area contributed by atoms with Crippen molar-refractivity contribution in [2.45, 2.75) is 11.8 Å². The molecule has 154 valence electrons. The molecule has 9 nitrogen and oxygen atoms in total. The monoisotopic (exact) mass is 439 g/mol. The first kappa shape index (κ1) is 22.7. The highest BCUT2D eigenvalue weighted by Crippen LogP contribution is 2.27. The van der Waals surface area contributed by atoms with E-state index in [1.165, 1.54) is 7.11 Å². The molecule has 1 heterocycles. The zero-order chi connectivity index (χ0) is 21.8. The van der Waals surface area contributed by atoms with Crippen LogP contribution in [-0.4, -0.2) is 43.3 Å². The number of nitrogens with zero attached hydrogens (tertiary/aromatic N) is 1. The number of hydrogen-bond donors (Lipinski definition) is 0. The number of pyridine rings is 1. The summed E-state index contributed by atoms with van der Waals surface area (Å²) in [7, 11) is -2.26. The standard InChI is InChI=1S/C17H14NO4S.CH4O4S/c1-11-6-3-4-9-18(11)23(21)15-8-5-7-12-16(15)13(19)10-14(22-2)17(12)20;1-5-6(2,3)4/h3-10H,1-2H3;1H3,(H,2,3,4)/q+1;/p-1. The SMILES string of the molecule is COC1=CC(=O)c2c(cccc2[S+]([O-])[n+]2ccccc2C)C1=O.COS(=O)(=O)[O-]. The van der Waals surface area contributed by atoms with Gasteiger partial charge >= 0.3 is 0 Å². The molecule has 1 aliphatic carbocycles. The Hall–Kier alpha value is -2.57. The lowest BCUT2D eigenvalue weighted by Crippen LogP contribution is -2.45. The summed E-state index contributed by atoms with van der Waals surface area (Å²) in [6.07, 6.45) is 2.82. The molecule has 0 spiro atoms. The summed E-state index contributed by atoms with van der Waals surface area (Å²) in [6, 6.07) is 10.2. The molecule has 1 aromatic heterocycles. The van der Waals surface area contributed by atoms with Crippen molar-refractivity contribution in [1.29, 1.82) is 0 Å². The predicted molar refractivity (Wildman–Crippen MR) is 100 cm³/mol. The number of ketones is 2. The molecule has 0 fully saturated rings. The van der Waals surface area contributed by atoms with Crippen molar-refractivity contribution in [3.63, 3.8) is 0 Å². The number of allylic oxidation sites excluding steroid dienone is 2. The molecule has 1 unspecified atom stereocenters. The summed E-state index contributed by atoms with van der Waals surface area (Å²) >= 11 is -1.62. The molecule has 1 aliphatic rings. The highest BCUT2D eigenvalue weighted by atomic mass is 32.3. The van der Waals surface area contributed by atoms with Gasteiger partial charge in [-0.1, -0.05) is 6.07 Å². The number of aromatic nitrogens is 1. The molecule has 0 amide bonds. The third-order valence-corrected chi connectivity index (χ3v) is 5.70. The van der Waals surface area contributed by atoms with Gasteiger partial charge in [0.25, 0.3) is 11.4 Å². The fraction of sp³-hybridized carbons (Fsp3) is 0.167. The molecule has 0 radical (unpaired) electrons. The molecular weight excluding hydrogens is 422 g/mol. The number of Topliss-reactive ketones (excluding diaryl/α,β-unsaturated/α-hetero) is 1. The van der Waals surface area contributed by atoms with Gasteiger partial charge in [0.2, 0.25) is 33.0 Å². The topological polar surface area (TPSA) is 137 Å². The Kier molecular flexibility index (Phi) is 7.27. The Morgan fingerprint density at radius 3 is 2.28 bits per heavy atom. The van der Waals surface area contributed by atoms with E-state index in [1.54, 1.807) is 34.4 Å². The maximum absolute atomic E-state index is 12.9. The largest absolute Gasteiger partial charge is 0.726 e. The van der Waals surface area contributed by atoms with Crippen molar-refractivity contribution in [2.75, 3.05) is 14.2 Å². The molecule has 11 heteroatoms. The lowest BCUT2D eigenvalue weighted by atomic mass is 9.93. The third-order valence-electron chi connectivity index (χ3n) is 3.81. The Morgan fingerprint density at radius 1 is 1.07 bits per heavy atom. The first-order chi connectivity index (χ1) is 13.6. The van der Waals surface area contributed by atoms with Gasteiger partial charge < -0.3 is 13.8 Å². The van der Waals surface area contributed by atoms with Gasteiger partial charge in [0.15, 0.2) is 11.5 Å². The average molecular weight is 439 g/mol. The minimum atomic E-state index is -4.41. The van der Waals surface area contributed by atoms with Crippen LogP contribution in [0.15, 0.2) is 59.3 Å². The average Bonchev–Trinajstić information content (AvgIpc) is 2.70. The quantitative estimate of drug-likeness (QED) is 0.296. The molecule has 3 rings (SSSR count). The lowest BCUT2D eigenvalue weighted by molar-refractivity contribution is -0.519. The summed E-state index contributed by atoms with van der Waals surface area (Å²) in [6.45, 7) is 1.82. The van der Waals surface area contributed by atoms with Crippen LogP contribution in [0.25, 0.3) is 0 Å². The first-order valence-corrected chi connectivity index (χ1v) is 10.4. The van der Waals surface area contributed by atoms with Gasteiger partial charge in [-0.3, -0.25) is 13.8 Å². The summed E-state index contributed by atoms with van der Waals surface area (Å²) in [5, 5.41) is 0. The fourth-order valence-electron chi connectivity index (χ4n) is 2.47. The number of ether oxygens (including phenoxy) is 1. The fourth-order valence-corrected chi connectivity index (χ4v) is 3.76. The van der Waals surface area contributed by atoms with Crippen LogP contribution in [0.2, 0.25) is 0 Å². The number of hydrogen-bond acceptors (Lipinski definition) is 8. The molecular formula is C18H17NO8S2. The Labute approximate surface area is 170 Å². The summed E-state index contributed by atoms with van der Waals surface area (Å²) < 4.78 is 50.4. The molecule has 29 heavy (non-hydrogen) atoms. The molecule has 0 N–H and O–H groups in total. The van der Waals surface area contributed by atoms with Crippen molar-refractivity contribution in [1.82, 2.24) is 0 Å². The van der Waals surface area contributed by atoms with E-state index in [4.69, 9.17) is 4.74 Å².